The summed E-state index contributed by atoms with van der Waals surface area (Å²) in [6.45, 7) is 4.06. The number of hydrogen-bond donors (Lipinski definition) is 1. The smallest absolute Gasteiger partial charge is 0.242 e. The van der Waals surface area contributed by atoms with Crippen LogP contribution < -0.4 is 5.32 Å². The minimum absolute atomic E-state index is 0.0517. The summed E-state index contributed by atoms with van der Waals surface area (Å²) >= 11 is 1.45. The summed E-state index contributed by atoms with van der Waals surface area (Å²) in [6, 6.07) is 15.9. The summed E-state index contributed by atoms with van der Waals surface area (Å²) in [5.74, 6) is -0.0517. The lowest BCUT2D eigenvalue weighted by atomic mass is 10.1. The van der Waals surface area contributed by atoms with Gasteiger partial charge in [-0.3, -0.25) is 4.79 Å². The molecule has 4 nitrogen and oxygen atoms in total. The van der Waals surface area contributed by atoms with Gasteiger partial charge in [0.05, 0.1) is 0 Å². The topological polar surface area (TPSA) is 46.9 Å². The van der Waals surface area contributed by atoms with Crippen LogP contribution in [0.4, 0.5) is 5.69 Å². The minimum Gasteiger partial charge on any atom is -0.329 e. The molecule has 1 atom stereocenters. The molecule has 5 heteroatoms. The number of hydrogen-bond acceptors (Lipinski definition) is 3. The number of thioether (sulfide) groups is 1. The van der Waals surface area contributed by atoms with Crippen LogP contribution >= 0.6 is 11.8 Å². The molecule has 0 bridgehead atoms. The second kappa shape index (κ2) is 7.57. The van der Waals surface area contributed by atoms with Gasteiger partial charge in [-0.1, -0.05) is 48.2 Å². The van der Waals surface area contributed by atoms with Crippen LogP contribution in [-0.4, -0.2) is 15.5 Å². The zero-order valence-corrected chi connectivity index (χ0v) is 15.4. The zero-order chi connectivity index (χ0) is 17.8. The zero-order valence-electron chi connectivity index (χ0n) is 14.6. The Morgan fingerprint density at radius 3 is 2.40 bits per heavy atom. The van der Waals surface area contributed by atoms with Crippen molar-refractivity contribution in [3.63, 3.8) is 0 Å². The van der Waals surface area contributed by atoms with Crippen molar-refractivity contribution in [2.24, 2.45) is 7.05 Å². The van der Waals surface area contributed by atoms with Crippen LogP contribution in [0.1, 0.15) is 21.9 Å². The maximum atomic E-state index is 13.0. The molecule has 2 aromatic carbocycles. The predicted molar refractivity (Wildman–Crippen MR) is 103 cm³/mol. The van der Waals surface area contributed by atoms with Crippen molar-refractivity contribution < 1.29 is 4.79 Å². The van der Waals surface area contributed by atoms with Gasteiger partial charge in [-0.25, -0.2) is 4.98 Å². The number of amides is 1. The van der Waals surface area contributed by atoms with E-state index >= 15 is 0 Å². The maximum absolute atomic E-state index is 13.0. The molecule has 3 aromatic rings. The largest absolute Gasteiger partial charge is 0.329 e. The highest BCUT2D eigenvalue weighted by Gasteiger charge is 2.24. The van der Waals surface area contributed by atoms with Gasteiger partial charge >= 0.3 is 0 Å². The molecular weight excluding hydrogens is 330 g/mol. The van der Waals surface area contributed by atoms with Crippen LogP contribution in [0.5, 0.6) is 0 Å². The Morgan fingerprint density at radius 2 is 1.80 bits per heavy atom. The first-order valence-electron chi connectivity index (χ1n) is 8.11. The monoisotopic (exact) mass is 351 g/mol. The molecule has 0 spiro atoms. The summed E-state index contributed by atoms with van der Waals surface area (Å²) in [7, 11) is 1.93. The summed E-state index contributed by atoms with van der Waals surface area (Å²) in [5, 5.41) is 3.49. The number of anilines is 1. The van der Waals surface area contributed by atoms with E-state index in [0.717, 1.165) is 27.5 Å². The van der Waals surface area contributed by atoms with Crippen LogP contribution in [0.15, 0.2) is 66.1 Å². The predicted octanol–water partition coefficient (Wildman–Crippen LogP) is 4.51. The average molecular weight is 351 g/mol. The Balaban J connectivity index is 1.88. The molecule has 3 rings (SSSR count). The van der Waals surface area contributed by atoms with E-state index in [-0.39, 0.29) is 11.2 Å². The van der Waals surface area contributed by atoms with Crippen molar-refractivity contribution in [2.75, 3.05) is 5.32 Å². The van der Waals surface area contributed by atoms with E-state index in [1.54, 1.807) is 6.20 Å². The second-order valence-corrected chi connectivity index (χ2v) is 7.17. The summed E-state index contributed by atoms with van der Waals surface area (Å²) < 4.78 is 1.92. The molecule has 25 heavy (non-hydrogen) atoms. The highest BCUT2D eigenvalue weighted by Crippen LogP contribution is 2.35. The van der Waals surface area contributed by atoms with Gasteiger partial charge in [0.2, 0.25) is 5.91 Å². The fourth-order valence-corrected chi connectivity index (χ4v) is 3.75. The minimum atomic E-state index is -0.372. The Labute approximate surface area is 152 Å². The molecule has 0 aliphatic carbocycles. The summed E-state index contributed by atoms with van der Waals surface area (Å²) in [4.78, 5) is 17.3. The Hall–Kier alpha value is -2.53. The fourth-order valence-electron chi connectivity index (χ4n) is 2.73. The standard InChI is InChI=1S/C20H21N3OS/c1-14-11-15(2)13-17(12-14)22-19(24)18(16-7-5-4-6-8-16)25-20-21-9-10-23(20)3/h4-13,18H,1-3H3,(H,22,24)/t18-/m1/s1. The van der Waals surface area contributed by atoms with Gasteiger partial charge < -0.3 is 9.88 Å². The van der Waals surface area contributed by atoms with Gasteiger partial charge in [-0.15, -0.1) is 0 Å². The number of nitrogens with zero attached hydrogens (tertiary/aromatic N) is 2. The number of carbonyl (C=O) groups excluding carboxylic acids is 1. The van der Waals surface area contributed by atoms with Crippen molar-refractivity contribution in [2.45, 2.75) is 24.3 Å². The number of nitrogens with one attached hydrogen (secondary N) is 1. The molecule has 0 fully saturated rings. The van der Waals surface area contributed by atoms with Crippen molar-refractivity contribution in [1.29, 1.82) is 0 Å². The van der Waals surface area contributed by atoms with Crippen LogP contribution in [0.25, 0.3) is 0 Å². The van der Waals surface area contributed by atoms with E-state index in [9.17, 15) is 4.79 Å². The molecular formula is C20H21N3OS. The van der Waals surface area contributed by atoms with Gasteiger partial charge in [-0.05, 0) is 42.7 Å². The van der Waals surface area contributed by atoms with Gasteiger partial charge in [0, 0.05) is 25.1 Å². The van der Waals surface area contributed by atoms with E-state index in [4.69, 9.17) is 0 Å². The molecule has 1 heterocycles. The van der Waals surface area contributed by atoms with Gasteiger partial charge in [0.15, 0.2) is 5.16 Å². The first-order chi connectivity index (χ1) is 12.0. The SMILES string of the molecule is Cc1cc(C)cc(NC(=O)[C@H](Sc2nccn2C)c2ccccc2)c1. The number of imidazole rings is 1. The maximum Gasteiger partial charge on any atom is 0.242 e. The van der Waals surface area contributed by atoms with Crippen molar-refractivity contribution in [1.82, 2.24) is 9.55 Å². The number of aromatic nitrogens is 2. The fraction of sp³-hybridized carbons (Fsp3) is 0.200. The lowest BCUT2D eigenvalue weighted by Crippen LogP contribution is -2.19. The van der Waals surface area contributed by atoms with Crippen LogP contribution in [0, 0.1) is 13.8 Å². The average Bonchev–Trinajstić information content (AvgIpc) is 2.97. The Bertz CT molecular complexity index is 853. The molecule has 0 aliphatic rings. The lowest BCUT2D eigenvalue weighted by molar-refractivity contribution is -0.115. The third-order valence-electron chi connectivity index (χ3n) is 3.83. The Morgan fingerprint density at radius 1 is 1.12 bits per heavy atom. The van der Waals surface area contributed by atoms with Crippen LogP contribution in [0.3, 0.4) is 0 Å². The molecule has 128 valence electrons. The second-order valence-electron chi connectivity index (χ2n) is 6.09. The van der Waals surface area contributed by atoms with Crippen molar-refractivity contribution in [3.8, 4) is 0 Å². The third-order valence-corrected chi connectivity index (χ3v) is 5.16. The summed E-state index contributed by atoms with van der Waals surface area (Å²) in [6.07, 6.45) is 3.62. The molecule has 1 amide bonds. The molecule has 0 aliphatic heterocycles. The van der Waals surface area contributed by atoms with E-state index < -0.39 is 0 Å². The highest BCUT2D eigenvalue weighted by molar-refractivity contribution is 8.00. The van der Waals surface area contributed by atoms with E-state index in [2.05, 4.69) is 16.4 Å². The number of rotatable bonds is 5. The third kappa shape index (κ3) is 4.31. The lowest BCUT2D eigenvalue weighted by Gasteiger charge is -2.17. The molecule has 1 aromatic heterocycles. The van der Waals surface area contributed by atoms with E-state index in [1.807, 2.05) is 74.1 Å². The molecule has 0 unspecified atom stereocenters. The number of benzene rings is 2. The summed E-state index contributed by atoms with van der Waals surface area (Å²) in [5.41, 5.74) is 4.04. The molecule has 0 saturated carbocycles. The van der Waals surface area contributed by atoms with Gasteiger partial charge in [0.1, 0.15) is 5.25 Å². The quantitative estimate of drug-likeness (QED) is 0.688. The Kier molecular flexibility index (Phi) is 5.24. The van der Waals surface area contributed by atoms with Crippen LogP contribution in [0.2, 0.25) is 0 Å². The molecule has 0 saturated heterocycles. The van der Waals surface area contributed by atoms with E-state index in [0.29, 0.717) is 0 Å². The number of carbonyl (C=O) groups is 1. The number of aryl methyl sites for hydroxylation is 3. The molecule has 1 N–H and O–H groups in total. The van der Waals surface area contributed by atoms with E-state index in [1.165, 1.54) is 11.8 Å². The first kappa shape index (κ1) is 17.3. The van der Waals surface area contributed by atoms with Gasteiger partial charge in [0.25, 0.3) is 0 Å². The van der Waals surface area contributed by atoms with Crippen molar-refractivity contribution >= 4 is 23.4 Å². The van der Waals surface area contributed by atoms with Crippen LogP contribution in [-0.2, 0) is 11.8 Å². The highest BCUT2D eigenvalue weighted by atomic mass is 32.2. The normalized spacial score (nSPS) is 12.0. The molecule has 0 radical (unpaired) electrons. The van der Waals surface area contributed by atoms with Gasteiger partial charge in [-0.2, -0.15) is 0 Å². The van der Waals surface area contributed by atoms with Crippen molar-refractivity contribution in [3.05, 3.63) is 77.6 Å². The first-order valence-corrected chi connectivity index (χ1v) is 8.99.